The van der Waals surface area contributed by atoms with Crippen molar-refractivity contribution in [3.05, 3.63) is 83.2 Å². The Morgan fingerprint density at radius 3 is 2.27 bits per heavy atom. The van der Waals surface area contributed by atoms with E-state index in [0.29, 0.717) is 5.69 Å². The van der Waals surface area contributed by atoms with Gasteiger partial charge in [0.15, 0.2) is 0 Å². The highest BCUT2D eigenvalue weighted by Gasteiger charge is 2.37. The number of amides is 1. The third-order valence-corrected chi connectivity index (χ3v) is 4.19. The first-order chi connectivity index (χ1) is 14.1. The Bertz CT molecular complexity index is 997. The van der Waals surface area contributed by atoms with Gasteiger partial charge in [-0.25, -0.2) is 4.98 Å². The van der Waals surface area contributed by atoms with Gasteiger partial charge in [0.2, 0.25) is 5.91 Å². The summed E-state index contributed by atoms with van der Waals surface area (Å²) in [7, 11) is 0. The summed E-state index contributed by atoms with van der Waals surface area (Å²) in [5, 5.41) is 2.42. The van der Waals surface area contributed by atoms with E-state index < -0.39 is 41.1 Å². The van der Waals surface area contributed by atoms with Gasteiger partial charge in [-0.1, -0.05) is 12.1 Å². The lowest BCUT2D eigenvalue weighted by molar-refractivity contribution is -0.139. The number of carbonyl (C=O) groups excluding carboxylic acids is 1. The topological polar surface area (TPSA) is 70.7 Å². The molecule has 0 aliphatic heterocycles. The number of nitrogens with zero attached hydrogens (tertiary/aromatic N) is 2. The van der Waals surface area contributed by atoms with E-state index in [1.54, 1.807) is 0 Å². The number of rotatable bonds is 5. The molecule has 1 amide bonds. The SMILES string of the molecule is O=C(Cc1c[nH]cn1)N[C@@H](c1ccc(C(F)(F)F)cc1)c1ncccc1C(F)(F)F. The van der Waals surface area contributed by atoms with Gasteiger partial charge in [-0.05, 0) is 29.8 Å². The molecule has 2 aromatic heterocycles. The van der Waals surface area contributed by atoms with Crippen molar-refractivity contribution in [1.82, 2.24) is 20.3 Å². The first-order valence-electron chi connectivity index (χ1n) is 8.52. The second-order valence-corrected chi connectivity index (χ2v) is 6.29. The summed E-state index contributed by atoms with van der Waals surface area (Å²) >= 11 is 0. The van der Waals surface area contributed by atoms with Crippen molar-refractivity contribution >= 4 is 5.91 Å². The quantitative estimate of drug-likeness (QED) is 0.596. The normalized spacial score (nSPS) is 13.1. The van der Waals surface area contributed by atoms with Gasteiger partial charge < -0.3 is 10.3 Å². The van der Waals surface area contributed by atoms with E-state index in [1.165, 1.54) is 12.5 Å². The Kier molecular flexibility index (Phi) is 5.81. The van der Waals surface area contributed by atoms with Crippen LogP contribution >= 0.6 is 0 Å². The van der Waals surface area contributed by atoms with Crippen LogP contribution in [0.2, 0.25) is 0 Å². The summed E-state index contributed by atoms with van der Waals surface area (Å²) in [6.45, 7) is 0. The fourth-order valence-corrected chi connectivity index (χ4v) is 2.83. The Morgan fingerprint density at radius 2 is 1.70 bits per heavy atom. The molecular weight excluding hydrogens is 414 g/mol. The minimum absolute atomic E-state index is 0.0163. The zero-order valence-electron chi connectivity index (χ0n) is 15.1. The van der Waals surface area contributed by atoms with E-state index in [4.69, 9.17) is 0 Å². The summed E-state index contributed by atoms with van der Waals surface area (Å²) in [5.41, 5.74) is -2.24. The highest BCUT2D eigenvalue weighted by Crippen LogP contribution is 2.36. The number of aromatic nitrogens is 3. The van der Waals surface area contributed by atoms with Crippen LogP contribution in [0.4, 0.5) is 26.3 Å². The van der Waals surface area contributed by atoms with E-state index >= 15 is 0 Å². The number of pyridine rings is 1. The summed E-state index contributed by atoms with van der Waals surface area (Å²) in [4.78, 5) is 22.7. The maximum atomic E-state index is 13.5. The average Bonchev–Trinajstić information content (AvgIpc) is 3.18. The molecular formula is C19H14F6N4O. The number of hydrogen-bond donors (Lipinski definition) is 2. The number of nitrogens with one attached hydrogen (secondary N) is 2. The number of H-pyrrole nitrogens is 1. The predicted octanol–water partition coefficient (Wildman–Crippen LogP) is 4.29. The molecule has 0 saturated carbocycles. The molecule has 158 valence electrons. The number of carbonyl (C=O) groups is 1. The number of benzene rings is 1. The molecule has 0 unspecified atom stereocenters. The van der Waals surface area contributed by atoms with Gasteiger partial charge in [-0.2, -0.15) is 26.3 Å². The Labute approximate surface area is 166 Å². The number of imidazole rings is 1. The molecule has 11 heteroatoms. The fourth-order valence-electron chi connectivity index (χ4n) is 2.83. The lowest BCUT2D eigenvalue weighted by Crippen LogP contribution is -2.32. The van der Waals surface area contributed by atoms with Gasteiger partial charge in [0.25, 0.3) is 0 Å². The zero-order valence-corrected chi connectivity index (χ0v) is 15.1. The van der Waals surface area contributed by atoms with Gasteiger partial charge >= 0.3 is 12.4 Å². The minimum Gasteiger partial charge on any atom is -0.351 e. The van der Waals surface area contributed by atoms with Crippen molar-refractivity contribution in [2.45, 2.75) is 24.8 Å². The molecule has 5 nitrogen and oxygen atoms in total. The first-order valence-corrected chi connectivity index (χ1v) is 8.52. The molecule has 3 aromatic rings. The molecule has 1 aromatic carbocycles. The van der Waals surface area contributed by atoms with Crippen molar-refractivity contribution in [3.8, 4) is 0 Å². The van der Waals surface area contributed by atoms with Crippen molar-refractivity contribution in [2.75, 3.05) is 0 Å². The van der Waals surface area contributed by atoms with Crippen LogP contribution in [0.3, 0.4) is 0 Å². The molecule has 3 rings (SSSR count). The van der Waals surface area contributed by atoms with Gasteiger partial charge in [-0.15, -0.1) is 0 Å². The minimum atomic E-state index is -4.78. The van der Waals surface area contributed by atoms with Gasteiger partial charge in [-0.3, -0.25) is 9.78 Å². The molecule has 2 N–H and O–H groups in total. The van der Waals surface area contributed by atoms with Gasteiger partial charge in [0.05, 0.1) is 41.3 Å². The van der Waals surface area contributed by atoms with E-state index in [-0.39, 0.29) is 12.0 Å². The standard InChI is InChI=1S/C19H14F6N4O/c20-18(21,22)12-5-3-11(4-6-12)16(29-15(30)8-13-9-26-10-28-13)17-14(19(23,24)25)2-1-7-27-17/h1-7,9-10,16H,8H2,(H,26,28)(H,29,30)/t16-/m0/s1. The second-order valence-electron chi connectivity index (χ2n) is 6.29. The largest absolute Gasteiger partial charge is 0.418 e. The molecule has 0 aliphatic rings. The lowest BCUT2D eigenvalue weighted by atomic mass is 9.97. The smallest absolute Gasteiger partial charge is 0.351 e. The van der Waals surface area contributed by atoms with E-state index in [2.05, 4.69) is 20.3 Å². The van der Waals surface area contributed by atoms with Crippen LogP contribution in [0.1, 0.15) is 34.1 Å². The van der Waals surface area contributed by atoms with E-state index in [9.17, 15) is 31.1 Å². The average molecular weight is 428 g/mol. The lowest BCUT2D eigenvalue weighted by Gasteiger charge is -2.22. The second kappa shape index (κ2) is 8.17. The Hall–Kier alpha value is -3.37. The highest BCUT2D eigenvalue weighted by molar-refractivity contribution is 5.79. The van der Waals surface area contributed by atoms with E-state index in [0.717, 1.165) is 42.6 Å². The number of hydrogen-bond acceptors (Lipinski definition) is 3. The number of alkyl halides is 6. The number of aromatic amines is 1. The van der Waals surface area contributed by atoms with Crippen molar-refractivity contribution < 1.29 is 31.1 Å². The molecule has 0 fully saturated rings. The summed E-state index contributed by atoms with van der Waals surface area (Å²) in [6.07, 6.45) is -5.75. The molecule has 0 spiro atoms. The van der Waals surface area contributed by atoms with E-state index in [1.807, 2.05) is 0 Å². The summed E-state index contributed by atoms with van der Waals surface area (Å²) < 4.78 is 79.0. The maximum Gasteiger partial charge on any atom is 0.418 e. The fraction of sp³-hybridized carbons (Fsp3) is 0.211. The summed E-state index contributed by atoms with van der Waals surface area (Å²) in [5.74, 6) is -0.675. The maximum absolute atomic E-state index is 13.5. The molecule has 0 aliphatic carbocycles. The molecule has 2 heterocycles. The zero-order chi connectivity index (χ0) is 21.9. The molecule has 1 atom stereocenters. The molecule has 0 saturated heterocycles. The molecule has 0 radical (unpaired) electrons. The van der Waals surface area contributed by atoms with Crippen molar-refractivity contribution in [1.29, 1.82) is 0 Å². The van der Waals surface area contributed by atoms with Crippen LogP contribution < -0.4 is 5.32 Å². The van der Waals surface area contributed by atoms with Crippen LogP contribution in [0.15, 0.2) is 55.1 Å². The van der Waals surface area contributed by atoms with Crippen molar-refractivity contribution in [3.63, 3.8) is 0 Å². The molecule has 30 heavy (non-hydrogen) atoms. The van der Waals surface area contributed by atoms with Crippen LogP contribution in [-0.2, 0) is 23.6 Å². The molecule has 0 bridgehead atoms. The monoisotopic (exact) mass is 428 g/mol. The van der Waals surface area contributed by atoms with Gasteiger partial charge in [0.1, 0.15) is 0 Å². The Balaban J connectivity index is 2.00. The third-order valence-electron chi connectivity index (χ3n) is 4.19. The number of halogens is 6. The highest BCUT2D eigenvalue weighted by atomic mass is 19.4. The third kappa shape index (κ3) is 4.97. The Morgan fingerprint density at radius 1 is 1.00 bits per heavy atom. The van der Waals surface area contributed by atoms with Crippen molar-refractivity contribution in [2.24, 2.45) is 0 Å². The van der Waals surface area contributed by atoms with Crippen LogP contribution in [0, 0.1) is 0 Å². The summed E-state index contributed by atoms with van der Waals surface area (Å²) in [6, 6.07) is 3.95. The van der Waals surface area contributed by atoms with Crippen LogP contribution in [0.5, 0.6) is 0 Å². The van der Waals surface area contributed by atoms with Gasteiger partial charge in [0, 0.05) is 12.4 Å². The van der Waals surface area contributed by atoms with Crippen LogP contribution in [0.25, 0.3) is 0 Å². The van der Waals surface area contributed by atoms with Crippen LogP contribution in [-0.4, -0.2) is 20.9 Å². The first kappa shape index (κ1) is 21.3. The predicted molar refractivity (Wildman–Crippen MR) is 93.0 cm³/mol.